The molecule has 0 fully saturated rings. The number of carbonyl (C=O) groups is 1. The number of nitriles is 1. The second-order valence-electron chi connectivity index (χ2n) is 5.31. The molecule has 1 atom stereocenters. The molecule has 0 N–H and O–H groups in total. The van der Waals surface area contributed by atoms with E-state index in [4.69, 9.17) is 19.2 Å². The van der Waals surface area contributed by atoms with Gasteiger partial charge in [0.05, 0.1) is 35.0 Å². The number of ether oxygens (including phenoxy) is 2. The third-order valence-corrected chi connectivity index (χ3v) is 4.30. The average Bonchev–Trinajstić information content (AvgIpc) is 3.14. The van der Waals surface area contributed by atoms with Crippen LogP contribution < -0.4 is 9.47 Å². The highest BCUT2D eigenvalue weighted by Gasteiger charge is 2.21. The fraction of sp³-hybridized carbons (Fsp3) is 0.333. The van der Waals surface area contributed by atoms with Crippen LogP contribution in [0.25, 0.3) is 0 Å². The lowest BCUT2D eigenvalue weighted by atomic mass is 10.2. The number of halogens is 1. The van der Waals surface area contributed by atoms with Gasteiger partial charge in [0, 0.05) is 13.1 Å². The van der Waals surface area contributed by atoms with Crippen molar-refractivity contribution < 1.29 is 18.7 Å². The maximum atomic E-state index is 12.4. The van der Waals surface area contributed by atoms with Crippen molar-refractivity contribution in [3.63, 3.8) is 0 Å². The Balaban J connectivity index is 2.10. The summed E-state index contributed by atoms with van der Waals surface area (Å²) in [6.07, 6.45) is 1.57. The smallest absolute Gasteiger partial charge is 0.260 e. The van der Waals surface area contributed by atoms with Gasteiger partial charge < -0.3 is 18.8 Å². The molecule has 1 amide bonds. The summed E-state index contributed by atoms with van der Waals surface area (Å²) in [5.41, 5.74) is 0.442. The van der Waals surface area contributed by atoms with E-state index in [0.717, 1.165) is 0 Å². The molecule has 0 saturated carbocycles. The monoisotopic (exact) mass is 406 g/mol. The minimum atomic E-state index is -0.207. The van der Waals surface area contributed by atoms with Gasteiger partial charge in [0.15, 0.2) is 18.1 Å². The molecule has 0 aliphatic carbocycles. The molecule has 0 aliphatic heterocycles. The first-order valence-corrected chi connectivity index (χ1v) is 8.55. The molecule has 0 bridgehead atoms. The SMILES string of the molecule is CCOc1cc(C#N)cc(Br)c1OCC(=O)N(C)C(C)c1ccco1. The lowest BCUT2D eigenvalue weighted by Crippen LogP contribution is -2.33. The molecule has 132 valence electrons. The molecule has 7 heteroatoms. The van der Waals surface area contributed by atoms with Crippen LogP contribution in [0.15, 0.2) is 39.4 Å². The molecule has 1 unspecified atom stereocenters. The van der Waals surface area contributed by atoms with Crippen molar-refractivity contribution in [2.75, 3.05) is 20.3 Å². The fourth-order valence-electron chi connectivity index (χ4n) is 2.21. The van der Waals surface area contributed by atoms with Gasteiger partial charge in [0.25, 0.3) is 5.91 Å². The Morgan fingerprint density at radius 1 is 1.44 bits per heavy atom. The van der Waals surface area contributed by atoms with E-state index in [0.29, 0.717) is 33.9 Å². The van der Waals surface area contributed by atoms with E-state index in [9.17, 15) is 4.79 Å². The standard InChI is InChI=1S/C18H19BrN2O4/c1-4-23-16-9-13(10-20)8-14(19)18(16)25-11-17(22)21(3)12(2)15-6-5-7-24-15/h5-9,12H,4,11H2,1-3H3. The lowest BCUT2D eigenvalue weighted by Gasteiger charge is -2.23. The molecule has 2 aromatic rings. The third-order valence-electron chi connectivity index (χ3n) is 3.71. The van der Waals surface area contributed by atoms with Gasteiger partial charge in [0.2, 0.25) is 0 Å². The Morgan fingerprint density at radius 3 is 2.80 bits per heavy atom. The van der Waals surface area contributed by atoms with Gasteiger partial charge in [-0.1, -0.05) is 0 Å². The largest absolute Gasteiger partial charge is 0.490 e. The van der Waals surface area contributed by atoms with Crippen LogP contribution >= 0.6 is 15.9 Å². The van der Waals surface area contributed by atoms with Crippen molar-refractivity contribution in [1.82, 2.24) is 4.90 Å². The number of nitrogens with zero attached hydrogens (tertiary/aromatic N) is 2. The maximum absolute atomic E-state index is 12.4. The van der Waals surface area contributed by atoms with Crippen molar-refractivity contribution in [2.45, 2.75) is 19.9 Å². The maximum Gasteiger partial charge on any atom is 0.260 e. The number of rotatable bonds is 7. The molecular weight excluding hydrogens is 388 g/mol. The molecule has 0 radical (unpaired) electrons. The molecule has 0 spiro atoms. The van der Waals surface area contributed by atoms with E-state index in [1.165, 1.54) is 0 Å². The summed E-state index contributed by atoms with van der Waals surface area (Å²) in [5, 5.41) is 9.05. The molecule has 25 heavy (non-hydrogen) atoms. The van der Waals surface area contributed by atoms with Crippen molar-refractivity contribution in [3.8, 4) is 17.6 Å². The number of likely N-dealkylation sites (N-methyl/N-ethyl adjacent to an activating group) is 1. The van der Waals surface area contributed by atoms with Crippen LogP contribution in [-0.4, -0.2) is 31.1 Å². The van der Waals surface area contributed by atoms with Crippen LogP contribution in [0.5, 0.6) is 11.5 Å². The summed E-state index contributed by atoms with van der Waals surface area (Å²) in [5.74, 6) is 1.31. The van der Waals surface area contributed by atoms with Gasteiger partial charge in [-0.25, -0.2) is 0 Å². The Hall–Kier alpha value is -2.46. The molecule has 6 nitrogen and oxygen atoms in total. The summed E-state index contributed by atoms with van der Waals surface area (Å²) in [6.45, 7) is 3.97. The fourth-order valence-corrected chi connectivity index (χ4v) is 2.76. The van der Waals surface area contributed by atoms with Gasteiger partial charge in [0.1, 0.15) is 5.76 Å². The Labute approximate surface area is 155 Å². The highest BCUT2D eigenvalue weighted by molar-refractivity contribution is 9.10. The zero-order valence-electron chi connectivity index (χ0n) is 14.3. The molecule has 0 aliphatic rings. The van der Waals surface area contributed by atoms with Crippen LogP contribution in [-0.2, 0) is 4.79 Å². The van der Waals surface area contributed by atoms with Crippen molar-refractivity contribution in [2.24, 2.45) is 0 Å². The van der Waals surface area contributed by atoms with Gasteiger partial charge in [-0.2, -0.15) is 5.26 Å². The average molecular weight is 407 g/mol. The quantitative estimate of drug-likeness (QED) is 0.696. The zero-order chi connectivity index (χ0) is 18.4. The highest BCUT2D eigenvalue weighted by atomic mass is 79.9. The van der Waals surface area contributed by atoms with E-state index in [1.54, 1.807) is 36.4 Å². The Bertz CT molecular complexity index is 768. The lowest BCUT2D eigenvalue weighted by molar-refractivity contribution is -0.134. The van der Waals surface area contributed by atoms with E-state index in [2.05, 4.69) is 22.0 Å². The first kappa shape index (κ1) is 18.9. The summed E-state index contributed by atoms with van der Waals surface area (Å²) >= 11 is 3.36. The van der Waals surface area contributed by atoms with Crippen molar-refractivity contribution in [1.29, 1.82) is 5.26 Å². The van der Waals surface area contributed by atoms with E-state index < -0.39 is 0 Å². The molecular formula is C18H19BrN2O4. The van der Waals surface area contributed by atoms with E-state index in [1.807, 2.05) is 19.9 Å². The summed E-state index contributed by atoms with van der Waals surface area (Å²) in [7, 11) is 1.69. The van der Waals surface area contributed by atoms with E-state index >= 15 is 0 Å². The predicted octanol–water partition coefficient (Wildman–Crippen LogP) is 3.91. The molecule has 1 aromatic heterocycles. The van der Waals surface area contributed by atoms with Gasteiger partial charge in [-0.05, 0) is 48.0 Å². The third kappa shape index (κ3) is 4.54. The normalized spacial score (nSPS) is 11.5. The van der Waals surface area contributed by atoms with Crippen molar-refractivity contribution >= 4 is 21.8 Å². The van der Waals surface area contributed by atoms with Crippen LogP contribution in [0.1, 0.15) is 31.2 Å². The van der Waals surface area contributed by atoms with Crippen LogP contribution in [0.4, 0.5) is 0 Å². The number of carbonyl (C=O) groups excluding carboxylic acids is 1. The predicted molar refractivity (Wildman–Crippen MR) is 95.4 cm³/mol. The minimum Gasteiger partial charge on any atom is -0.490 e. The minimum absolute atomic E-state index is 0.161. The topological polar surface area (TPSA) is 75.7 Å². The van der Waals surface area contributed by atoms with Crippen molar-refractivity contribution in [3.05, 3.63) is 46.3 Å². The first-order valence-electron chi connectivity index (χ1n) is 7.76. The number of hydrogen-bond donors (Lipinski definition) is 0. The van der Waals surface area contributed by atoms with Gasteiger partial charge in [-0.3, -0.25) is 4.79 Å². The first-order chi connectivity index (χ1) is 12.0. The van der Waals surface area contributed by atoms with Crippen LogP contribution in [0.3, 0.4) is 0 Å². The Morgan fingerprint density at radius 2 is 2.20 bits per heavy atom. The molecule has 0 saturated heterocycles. The number of furan rings is 1. The summed E-state index contributed by atoms with van der Waals surface area (Å²) in [4.78, 5) is 14.0. The molecule has 1 heterocycles. The zero-order valence-corrected chi connectivity index (χ0v) is 15.9. The Kier molecular flexibility index (Phi) is 6.48. The molecule has 2 rings (SSSR count). The number of benzene rings is 1. The van der Waals surface area contributed by atoms with Gasteiger partial charge >= 0.3 is 0 Å². The highest BCUT2D eigenvalue weighted by Crippen LogP contribution is 2.37. The molecule has 1 aromatic carbocycles. The summed E-state index contributed by atoms with van der Waals surface area (Å²) < 4.78 is 17.1. The number of hydrogen-bond acceptors (Lipinski definition) is 5. The second kappa shape index (κ2) is 8.58. The van der Waals surface area contributed by atoms with Crippen LogP contribution in [0, 0.1) is 11.3 Å². The van der Waals surface area contributed by atoms with Crippen LogP contribution in [0.2, 0.25) is 0 Å². The second-order valence-corrected chi connectivity index (χ2v) is 6.17. The number of amides is 1. The van der Waals surface area contributed by atoms with Gasteiger partial charge in [-0.15, -0.1) is 0 Å². The van der Waals surface area contributed by atoms with E-state index in [-0.39, 0.29) is 18.6 Å². The summed E-state index contributed by atoms with van der Waals surface area (Å²) in [6, 6.07) is 8.66.